The van der Waals surface area contributed by atoms with E-state index in [-0.39, 0.29) is 17.4 Å². The maximum Gasteiger partial charge on any atom is 0.291 e. The van der Waals surface area contributed by atoms with Crippen molar-refractivity contribution in [2.24, 2.45) is 0 Å². The van der Waals surface area contributed by atoms with Gasteiger partial charge in [0.15, 0.2) is 5.76 Å². The Morgan fingerprint density at radius 3 is 2.48 bits per heavy atom. The number of hydrogen-bond acceptors (Lipinski definition) is 6. The number of halogens is 1. The molecule has 4 rings (SSSR count). The minimum absolute atomic E-state index is 0.0605. The fourth-order valence-electron chi connectivity index (χ4n) is 3.68. The number of amides is 2. The molecule has 1 saturated heterocycles. The lowest BCUT2D eigenvalue weighted by Crippen LogP contribution is -2.48. The zero-order valence-electron chi connectivity index (χ0n) is 17.8. The van der Waals surface area contributed by atoms with Crippen LogP contribution in [0.3, 0.4) is 0 Å². The summed E-state index contributed by atoms with van der Waals surface area (Å²) in [4.78, 5) is 38.5. The maximum absolute atomic E-state index is 12.6. The Hall–Kier alpha value is -3.85. The first-order chi connectivity index (χ1) is 15.8. The molecule has 0 bridgehead atoms. The fraction of sp³-hybridized carbons (Fsp3) is 0.217. The molecular formula is C23H21ClN4O5. The largest absolute Gasteiger partial charge is 0.451 e. The predicted octanol–water partition coefficient (Wildman–Crippen LogP) is 4.43. The van der Waals surface area contributed by atoms with Crippen molar-refractivity contribution in [1.82, 2.24) is 4.90 Å². The van der Waals surface area contributed by atoms with Crippen LogP contribution in [0.5, 0.6) is 0 Å². The predicted molar refractivity (Wildman–Crippen MR) is 125 cm³/mol. The zero-order valence-corrected chi connectivity index (χ0v) is 18.5. The van der Waals surface area contributed by atoms with Gasteiger partial charge in [0.25, 0.3) is 11.6 Å². The van der Waals surface area contributed by atoms with Crippen LogP contribution in [0.4, 0.5) is 17.1 Å². The number of rotatable bonds is 5. The number of non-ortho nitro benzene ring substituents is 1. The molecule has 2 amide bonds. The Labute approximate surface area is 194 Å². The highest BCUT2D eigenvalue weighted by molar-refractivity contribution is 6.33. The van der Waals surface area contributed by atoms with E-state index in [1.165, 1.54) is 18.2 Å². The van der Waals surface area contributed by atoms with E-state index < -0.39 is 10.8 Å². The first-order valence-corrected chi connectivity index (χ1v) is 10.7. The average molecular weight is 469 g/mol. The van der Waals surface area contributed by atoms with E-state index in [0.29, 0.717) is 48.2 Å². The molecule has 9 nitrogen and oxygen atoms in total. The number of furan rings is 1. The number of nitro benzene ring substituents is 1. The van der Waals surface area contributed by atoms with Gasteiger partial charge in [0.2, 0.25) is 5.91 Å². The summed E-state index contributed by atoms with van der Waals surface area (Å²) in [5.74, 6) is 0.00921. The Balaban J connectivity index is 1.43. The normalized spacial score (nSPS) is 13.6. The summed E-state index contributed by atoms with van der Waals surface area (Å²) >= 11 is 6.46. The van der Waals surface area contributed by atoms with Gasteiger partial charge in [-0.2, -0.15) is 0 Å². The van der Waals surface area contributed by atoms with Gasteiger partial charge in [0, 0.05) is 56.5 Å². The van der Waals surface area contributed by atoms with E-state index in [9.17, 15) is 19.7 Å². The van der Waals surface area contributed by atoms with Crippen LogP contribution in [-0.4, -0.2) is 47.8 Å². The molecule has 3 aromatic rings. The second-order valence-electron chi connectivity index (χ2n) is 7.58. The summed E-state index contributed by atoms with van der Waals surface area (Å²) in [5.41, 5.74) is 1.78. The Kier molecular flexibility index (Phi) is 6.32. The molecule has 0 unspecified atom stereocenters. The molecule has 0 radical (unpaired) electrons. The Morgan fingerprint density at radius 2 is 1.82 bits per heavy atom. The van der Waals surface area contributed by atoms with Crippen LogP contribution < -0.4 is 10.2 Å². The third-order valence-corrected chi connectivity index (χ3v) is 5.75. The molecule has 33 heavy (non-hydrogen) atoms. The number of nitrogens with one attached hydrogen (secondary N) is 1. The number of benzene rings is 2. The van der Waals surface area contributed by atoms with E-state index in [2.05, 4.69) is 10.2 Å². The van der Waals surface area contributed by atoms with Gasteiger partial charge < -0.3 is 19.5 Å². The van der Waals surface area contributed by atoms with Crippen LogP contribution in [0, 0.1) is 10.1 Å². The maximum atomic E-state index is 12.6. The minimum Gasteiger partial charge on any atom is -0.451 e. The summed E-state index contributed by atoms with van der Waals surface area (Å²) < 4.78 is 5.61. The summed E-state index contributed by atoms with van der Waals surface area (Å²) in [7, 11) is 0. The average Bonchev–Trinajstić information content (AvgIpc) is 3.30. The molecule has 0 aliphatic carbocycles. The quantitative estimate of drug-likeness (QED) is 0.438. The number of nitro groups is 1. The van der Waals surface area contributed by atoms with Crippen molar-refractivity contribution in [1.29, 1.82) is 0 Å². The monoisotopic (exact) mass is 468 g/mol. The lowest BCUT2D eigenvalue weighted by Gasteiger charge is -2.36. The van der Waals surface area contributed by atoms with Crippen molar-refractivity contribution in [2.75, 3.05) is 36.4 Å². The number of anilines is 2. The molecule has 1 N–H and O–H groups in total. The molecule has 2 aromatic carbocycles. The molecule has 0 atom stereocenters. The second-order valence-corrected chi connectivity index (χ2v) is 7.99. The Morgan fingerprint density at radius 1 is 1.06 bits per heavy atom. The highest BCUT2D eigenvalue weighted by Gasteiger charge is 2.21. The lowest BCUT2D eigenvalue weighted by atomic mass is 10.1. The second kappa shape index (κ2) is 9.33. The van der Waals surface area contributed by atoms with Crippen LogP contribution in [-0.2, 0) is 4.79 Å². The summed E-state index contributed by atoms with van der Waals surface area (Å²) in [5, 5.41) is 14.2. The van der Waals surface area contributed by atoms with Gasteiger partial charge in [-0.15, -0.1) is 0 Å². The third kappa shape index (κ3) is 4.98. The van der Waals surface area contributed by atoms with Crippen molar-refractivity contribution in [3.05, 3.63) is 75.5 Å². The molecule has 0 spiro atoms. The molecule has 0 saturated carbocycles. The highest BCUT2D eigenvalue weighted by Crippen LogP contribution is 2.30. The van der Waals surface area contributed by atoms with E-state index in [0.717, 1.165) is 5.69 Å². The first-order valence-electron chi connectivity index (χ1n) is 10.3. The van der Waals surface area contributed by atoms with Crippen molar-refractivity contribution in [3.8, 4) is 11.3 Å². The SMILES string of the molecule is CC(=O)N1CCN(c2ccc(NC(=O)c3ccc(-c4cccc([N+](=O)[O-])c4)o3)cc2Cl)CC1. The molecule has 1 aliphatic rings. The first kappa shape index (κ1) is 22.3. The van der Waals surface area contributed by atoms with Gasteiger partial charge in [-0.3, -0.25) is 19.7 Å². The third-order valence-electron chi connectivity index (χ3n) is 5.44. The van der Waals surface area contributed by atoms with Gasteiger partial charge in [-0.05, 0) is 30.3 Å². The molecule has 1 aliphatic heterocycles. The van der Waals surface area contributed by atoms with Crippen molar-refractivity contribution >= 4 is 40.5 Å². The van der Waals surface area contributed by atoms with Crippen molar-refractivity contribution < 1.29 is 18.9 Å². The number of carbonyl (C=O) groups excluding carboxylic acids is 2. The molecule has 1 aromatic heterocycles. The van der Waals surface area contributed by atoms with E-state index in [1.54, 1.807) is 42.2 Å². The summed E-state index contributed by atoms with van der Waals surface area (Å²) in [6.07, 6.45) is 0. The van der Waals surface area contributed by atoms with Crippen LogP contribution in [0.15, 0.2) is 59.0 Å². The molecule has 2 heterocycles. The molecule has 1 fully saturated rings. The highest BCUT2D eigenvalue weighted by atomic mass is 35.5. The van der Waals surface area contributed by atoms with Gasteiger partial charge in [-0.25, -0.2) is 0 Å². The number of carbonyl (C=O) groups is 2. The molecule has 170 valence electrons. The minimum atomic E-state index is -0.489. The summed E-state index contributed by atoms with van der Waals surface area (Å²) in [6, 6.07) is 14.3. The van der Waals surface area contributed by atoms with E-state index >= 15 is 0 Å². The smallest absolute Gasteiger partial charge is 0.291 e. The van der Waals surface area contributed by atoms with E-state index in [1.807, 2.05) is 6.07 Å². The number of hydrogen-bond donors (Lipinski definition) is 1. The van der Waals surface area contributed by atoms with Crippen LogP contribution in [0.25, 0.3) is 11.3 Å². The molecule has 10 heteroatoms. The Bertz CT molecular complexity index is 1220. The van der Waals surface area contributed by atoms with Crippen LogP contribution in [0.1, 0.15) is 17.5 Å². The van der Waals surface area contributed by atoms with Crippen LogP contribution in [0.2, 0.25) is 5.02 Å². The fourth-order valence-corrected chi connectivity index (χ4v) is 3.98. The summed E-state index contributed by atoms with van der Waals surface area (Å²) in [6.45, 7) is 4.19. The van der Waals surface area contributed by atoms with Gasteiger partial charge >= 0.3 is 0 Å². The molecular weight excluding hydrogens is 448 g/mol. The number of piperazine rings is 1. The standard InChI is InChI=1S/C23H21ClN4O5/c1-15(29)26-9-11-27(12-10-26)20-6-5-17(14-19(20)24)25-23(30)22-8-7-21(33-22)16-3-2-4-18(13-16)28(31)32/h2-8,13-14H,9-12H2,1H3,(H,25,30). The van der Waals surface area contributed by atoms with E-state index in [4.69, 9.17) is 16.0 Å². The zero-order chi connectivity index (χ0) is 23.5. The van der Waals surface area contributed by atoms with Gasteiger partial charge in [-0.1, -0.05) is 23.7 Å². The van der Waals surface area contributed by atoms with Crippen molar-refractivity contribution in [3.63, 3.8) is 0 Å². The lowest BCUT2D eigenvalue weighted by molar-refractivity contribution is -0.384. The topological polar surface area (TPSA) is 109 Å². The number of nitrogens with zero attached hydrogens (tertiary/aromatic N) is 3. The van der Waals surface area contributed by atoms with Gasteiger partial charge in [0.1, 0.15) is 5.76 Å². The van der Waals surface area contributed by atoms with Crippen LogP contribution >= 0.6 is 11.6 Å². The van der Waals surface area contributed by atoms with Crippen molar-refractivity contribution in [2.45, 2.75) is 6.92 Å². The van der Waals surface area contributed by atoms with Gasteiger partial charge in [0.05, 0.1) is 15.6 Å².